The van der Waals surface area contributed by atoms with Crippen molar-refractivity contribution in [3.05, 3.63) is 48.0 Å². The number of aromatic nitrogens is 3. The maximum absolute atomic E-state index is 12.6. The van der Waals surface area contributed by atoms with E-state index in [0.717, 1.165) is 18.7 Å². The number of hydrogen-bond acceptors (Lipinski definition) is 6. The van der Waals surface area contributed by atoms with Crippen molar-refractivity contribution in [3.8, 4) is 0 Å². The Kier molecular flexibility index (Phi) is 4.94. The number of carbonyl (C=O) groups excluding carboxylic acids is 1. The van der Waals surface area contributed by atoms with Crippen LogP contribution in [0.1, 0.15) is 29.0 Å². The number of pyridine rings is 1. The predicted octanol–water partition coefficient (Wildman–Crippen LogP) is 1.28. The number of rotatable bonds is 4. The van der Waals surface area contributed by atoms with Gasteiger partial charge in [-0.2, -0.15) is 0 Å². The molecule has 7 heteroatoms. The molecule has 1 atom stereocenters. The van der Waals surface area contributed by atoms with Gasteiger partial charge in [-0.25, -0.2) is 15.0 Å². The summed E-state index contributed by atoms with van der Waals surface area (Å²) in [5, 5.41) is 11.0. The van der Waals surface area contributed by atoms with E-state index in [2.05, 4.69) is 15.0 Å². The van der Waals surface area contributed by atoms with Crippen LogP contribution in [0.15, 0.2) is 36.7 Å². The van der Waals surface area contributed by atoms with Crippen LogP contribution in [0.4, 0.5) is 5.95 Å². The van der Waals surface area contributed by atoms with Gasteiger partial charge in [-0.15, -0.1) is 0 Å². The van der Waals surface area contributed by atoms with Crippen LogP contribution in [0.2, 0.25) is 0 Å². The van der Waals surface area contributed by atoms with E-state index in [1.165, 1.54) is 4.90 Å². The first-order valence-corrected chi connectivity index (χ1v) is 8.40. The fourth-order valence-electron chi connectivity index (χ4n) is 3.24. The van der Waals surface area contributed by atoms with Crippen molar-refractivity contribution in [1.29, 1.82) is 0 Å². The Labute approximate surface area is 147 Å². The van der Waals surface area contributed by atoms with Crippen LogP contribution < -0.4 is 4.90 Å². The number of aliphatic hydroxyl groups is 1. The Bertz CT molecular complexity index is 739. The van der Waals surface area contributed by atoms with Gasteiger partial charge in [-0.1, -0.05) is 6.07 Å². The maximum Gasteiger partial charge on any atom is 0.272 e. The highest BCUT2D eigenvalue weighted by Gasteiger charge is 2.36. The molecular formula is C18H23N5O2. The Morgan fingerprint density at radius 1 is 1.32 bits per heavy atom. The van der Waals surface area contributed by atoms with Crippen molar-refractivity contribution in [1.82, 2.24) is 19.9 Å². The van der Waals surface area contributed by atoms with Crippen molar-refractivity contribution in [2.75, 3.05) is 31.6 Å². The molecule has 1 aliphatic rings. The summed E-state index contributed by atoms with van der Waals surface area (Å²) in [6.45, 7) is 3.28. The fraction of sp³-hybridized carbons (Fsp3) is 0.444. The van der Waals surface area contributed by atoms with E-state index >= 15 is 0 Å². The normalized spacial score (nSPS) is 20.4. The smallest absolute Gasteiger partial charge is 0.272 e. The quantitative estimate of drug-likeness (QED) is 0.902. The van der Waals surface area contributed by atoms with Gasteiger partial charge in [-0.3, -0.25) is 4.79 Å². The van der Waals surface area contributed by atoms with Crippen molar-refractivity contribution >= 4 is 11.9 Å². The molecule has 25 heavy (non-hydrogen) atoms. The molecule has 0 saturated carbocycles. The topological polar surface area (TPSA) is 82.5 Å². The van der Waals surface area contributed by atoms with Crippen molar-refractivity contribution in [2.24, 2.45) is 0 Å². The van der Waals surface area contributed by atoms with E-state index in [-0.39, 0.29) is 12.5 Å². The Morgan fingerprint density at radius 3 is 2.80 bits per heavy atom. The minimum Gasteiger partial charge on any atom is -0.386 e. The Morgan fingerprint density at radius 2 is 2.08 bits per heavy atom. The number of β-amino-alcohol motifs (C(OH)–C–C–N with tert-alkyl or cyclic N) is 1. The van der Waals surface area contributed by atoms with Gasteiger partial charge in [0.1, 0.15) is 5.69 Å². The number of likely N-dealkylation sites (N-methyl/N-ethyl adjacent to an activating group) is 1. The zero-order valence-electron chi connectivity index (χ0n) is 14.6. The summed E-state index contributed by atoms with van der Waals surface area (Å²) in [7, 11) is 1.70. The summed E-state index contributed by atoms with van der Waals surface area (Å²) >= 11 is 0. The number of aryl methyl sites for hydroxylation is 1. The number of nitrogens with zero attached hydrogens (tertiary/aromatic N) is 5. The number of carbonyl (C=O) groups is 1. The molecule has 1 amide bonds. The molecule has 0 spiro atoms. The molecule has 0 unspecified atom stereocenters. The van der Waals surface area contributed by atoms with Gasteiger partial charge in [0.25, 0.3) is 5.91 Å². The lowest BCUT2D eigenvalue weighted by Gasteiger charge is -2.41. The van der Waals surface area contributed by atoms with E-state index in [9.17, 15) is 9.90 Å². The molecule has 0 aliphatic carbocycles. The second-order valence-corrected chi connectivity index (χ2v) is 6.62. The van der Waals surface area contributed by atoms with E-state index in [1.807, 2.05) is 24.0 Å². The van der Waals surface area contributed by atoms with Crippen LogP contribution in [-0.4, -0.2) is 63.1 Å². The number of piperidine rings is 1. The minimum atomic E-state index is -0.994. The summed E-state index contributed by atoms with van der Waals surface area (Å²) in [4.78, 5) is 28.9. The summed E-state index contributed by atoms with van der Waals surface area (Å²) < 4.78 is 0. The summed E-state index contributed by atoms with van der Waals surface area (Å²) in [5.74, 6) is 0.417. The van der Waals surface area contributed by atoms with E-state index in [1.54, 1.807) is 31.6 Å². The second kappa shape index (κ2) is 7.14. The van der Waals surface area contributed by atoms with Crippen LogP contribution in [0, 0.1) is 6.92 Å². The molecule has 132 valence electrons. The lowest BCUT2D eigenvalue weighted by molar-refractivity contribution is -0.000442. The van der Waals surface area contributed by atoms with Gasteiger partial charge >= 0.3 is 0 Å². The summed E-state index contributed by atoms with van der Waals surface area (Å²) in [6, 6.07) is 7.12. The van der Waals surface area contributed by atoms with Crippen LogP contribution in [0.5, 0.6) is 0 Å². The lowest BCUT2D eigenvalue weighted by Crippen LogP contribution is -2.55. The van der Waals surface area contributed by atoms with Crippen LogP contribution in [-0.2, 0) is 0 Å². The van der Waals surface area contributed by atoms with Gasteiger partial charge in [0.05, 0.1) is 18.7 Å². The number of anilines is 1. The lowest BCUT2D eigenvalue weighted by atomic mass is 9.92. The van der Waals surface area contributed by atoms with Crippen molar-refractivity contribution in [2.45, 2.75) is 25.4 Å². The molecule has 3 heterocycles. The third-order valence-corrected chi connectivity index (χ3v) is 4.38. The standard InChI is InChI=1S/C18H23N5O2/c1-14-6-3-7-15(21-14)16(24)22(2)12-18(25)8-4-11-23(13-18)17-19-9-5-10-20-17/h3,5-7,9-10,25H,4,8,11-13H2,1-2H3/t18-/m0/s1. The van der Waals surface area contributed by atoms with Crippen molar-refractivity contribution < 1.29 is 9.90 Å². The molecule has 2 aromatic rings. The molecule has 1 fully saturated rings. The largest absolute Gasteiger partial charge is 0.386 e. The number of amides is 1. The van der Waals surface area contributed by atoms with Crippen LogP contribution >= 0.6 is 0 Å². The van der Waals surface area contributed by atoms with Gasteiger partial charge in [-0.05, 0) is 38.0 Å². The van der Waals surface area contributed by atoms with E-state index in [0.29, 0.717) is 24.6 Å². The highest BCUT2D eigenvalue weighted by Crippen LogP contribution is 2.24. The third kappa shape index (κ3) is 4.11. The van der Waals surface area contributed by atoms with Crippen LogP contribution in [0.25, 0.3) is 0 Å². The predicted molar refractivity (Wildman–Crippen MR) is 94.4 cm³/mol. The van der Waals surface area contributed by atoms with E-state index < -0.39 is 5.60 Å². The number of hydrogen-bond donors (Lipinski definition) is 1. The average molecular weight is 341 g/mol. The van der Waals surface area contributed by atoms with Gasteiger partial charge in [0, 0.05) is 31.7 Å². The Balaban J connectivity index is 1.69. The highest BCUT2D eigenvalue weighted by molar-refractivity contribution is 5.92. The molecule has 0 aromatic carbocycles. The highest BCUT2D eigenvalue weighted by atomic mass is 16.3. The molecule has 7 nitrogen and oxygen atoms in total. The fourth-order valence-corrected chi connectivity index (χ4v) is 3.24. The van der Waals surface area contributed by atoms with E-state index in [4.69, 9.17) is 0 Å². The first-order chi connectivity index (χ1) is 12.0. The third-order valence-electron chi connectivity index (χ3n) is 4.38. The average Bonchev–Trinajstić information content (AvgIpc) is 2.61. The summed E-state index contributed by atoms with van der Waals surface area (Å²) in [6.07, 6.45) is 4.83. The van der Waals surface area contributed by atoms with Gasteiger partial charge in [0.15, 0.2) is 0 Å². The Hall–Kier alpha value is -2.54. The first kappa shape index (κ1) is 17.3. The molecule has 1 aliphatic heterocycles. The second-order valence-electron chi connectivity index (χ2n) is 6.62. The molecule has 2 aromatic heterocycles. The molecule has 1 saturated heterocycles. The molecular weight excluding hydrogens is 318 g/mol. The van der Waals surface area contributed by atoms with Crippen molar-refractivity contribution in [3.63, 3.8) is 0 Å². The molecule has 3 rings (SSSR count). The minimum absolute atomic E-state index is 0.190. The zero-order valence-corrected chi connectivity index (χ0v) is 14.6. The summed E-state index contributed by atoms with van der Waals surface area (Å²) in [5.41, 5.74) is 0.194. The molecule has 0 bridgehead atoms. The van der Waals surface area contributed by atoms with Crippen LogP contribution in [0.3, 0.4) is 0 Å². The van der Waals surface area contributed by atoms with Gasteiger partial charge < -0.3 is 14.9 Å². The maximum atomic E-state index is 12.6. The monoisotopic (exact) mass is 341 g/mol. The zero-order chi connectivity index (χ0) is 17.9. The SMILES string of the molecule is Cc1cccc(C(=O)N(C)C[C@@]2(O)CCCN(c3ncccn3)C2)n1. The molecule has 0 radical (unpaired) electrons. The first-order valence-electron chi connectivity index (χ1n) is 8.40. The molecule has 1 N–H and O–H groups in total. The van der Waals surface area contributed by atoms with Gasteiger partial charge in [0.2, 0.25) is 5.95 Å².